The molecule has 1 atom stereocenters. The second-order valence-corrected chi connectivity index (χ2v) is 8.97. The van der Waals surface area contributed by atoms with Crippen molar-refractivity contribution in [2.45, 2.75) is 13.0 Å². The van der Waals surface area contributed by atoms with E-state index in [-0.39, 0.29) is 11.7 Å². The van der Waals surface area contributed by atoms with Crippen molar-refractivity contribution in [2.75, 3.05) is 36.5 Å². The van der Waals surface area contributed by atoms with Crippen LogP contribution in [0, 0.1) is 12.7 Å². The van der Waals surface area contributed by atoms with Gasteiger partial charge in [-0.25, -0.2) is 28.8 Å². The lowest BCUT2D eigenvalue weighted by Crippen LogP contribution is -2.56. The largest absolute Gasteiger partial charge is 0.487 e. The molecule has 1 aromatic carbocycles. The minimum absolute atomic E-state index is 0.213. The van der Waals surface area contributed by atoms with E-state index >= 15 is 4.39 Å². The smallest absolute Gasteiger partial charge is 0.172 e. The molecule has 1 saturated heterocycles. The predicted molar refractivity (Wildman–Crippen MR) is 134 cm³/mol. The van der Waals surface area contributed by atoms with Crippen LogP contribution in [-0.2, 0) is 0 Å². The third-order valence-corrected chi connectivity index (χ3v) is 6.68. The maximum Gasteiger partial charge on any atom is 0.172 e. The summed E-state index contributed by atoms with van der Waals surface area (Å²) in [5.74, 6) is 2.35. The zero-order chi connectivity index (χ0) is 24.9. The number of pyridine rings is 2. The van der Waals surface area contributed by atoms with Crippen LogP contribution in [0.25, 0.3) is 16.7 Å². The van der Waals surface area contributed by atoms with E-state index in [0.717, 1.165) is 25.5 Å². The van der Waals surface area contributed by atoms with Gasteiger partial charge in [0.15, 0.2) is 28.8 Å². The van der Waals surface area contributed by atoms with Gasteiger partial charge in [-0.15, -0.1) is 0 Å². The van der Waals surface area contributed by atoms with Gasteiger partial charge in [0, 0.05) is 43.5 Å². The Labute approximate surface area is 210 Å². The number of hydrogen-bond acceptors (Lipinski definition) is 10. The normalized spacial score (nSPS) is 16.8. The van der Waals surface area contributed by atoms with E-state index in [9.17, 15) is 0 Å². The number of fused-ring (bicyclic) bond motifs is 5. The van der Waals surface area contributed by atoms with Crippen LogP contribution in [-0.4, -0.2) is 61.8 Å². The van der Waals surface area contributed by atoms with E-state index < -0.39 is 5.82 Å². The molecule has 0 unspecified atom stereocenters. The minimum atomic E-state index is -0.448. The molecule has 1 fully saturated rings. The van der Waals surface area contributed by atoms with E-state index in [1.54, 1.807) is 41.9 Å². The van der Waals surface area contributed by atoms with Gasteiger partial charge in [-0.1, -0.05) is 0 Å². The van der Waals surface area contributed by atoms with Gasteiger partial charge in [-0.3, -0.25) is 0 Å². The van der Waals surface area contributed by atoms with Crippen molar-refractivity contribution in [2.24, 2.45) is 0 Å². The highest BCUT2D eigenvalue weighted by atomic mass is 19.1. The minimum Gasteiger partial charge on any atom is -0.487 e. The average molecular weight is 500 g/mol. The molecule has 0 bridgehead atoms. The summed E-state index contributed by atoms with van der Waals surface area (Å²) >= 11 is 0. The highest BCUT2D eigenvalue weighted by Crippen LogP contribution is 2.37. The monoisotopic (exact) mass is 499 g/mol. The first-order valence-corrected chi connectivity index (χ1v) is 11.9. The Morgan fingerprint density at radius 2 is 2.11 bits per heavy atom. The molecule has 2 aliphatic rings. The molecule has 7 rings (SSSR count). The number of benzene rings is 1. The van der Waals surface area contributed by atoms with Crippen molar-refractivity contribution in [3.05, 3.63) is 60.6 Å². The van der Waals surface area contributed by atoms with E-state index in [1.807, 2.05) is 6.07 Å². The number of hydrogen-bond donors (Lipinski definition) is 2. The predicted octanol–water partition coefficient (Wildman–Crippen LogP) is 3.22. The molecule has 11 nitrogen and oxygen atoms in total. The van der Waals surface area contributed by atoms with E-state index in [0.29, 0.717) is 51.9 Å². The Bertz CT molecular complexity index is 1660. The maximum absolute atomic E-state index is 15.5. The van der Waals surface area contributed by atoms with Crippen LogP contribution < -0.4 is 25.0 Å². The third-order valence-electron chi connectivity index (χ3n) is 6.68. The van der Waals surface area contributed by atoms with Gasteiger partial charge >= 0.3 is 0 Å². The fraction of sp³-hybridized carbons (Fsp3) is 0.240. The van der Waals surface area contributed by atoms with Gasteiger partial charge in [0.1, 0.15) is 36.3 Å². The molecule has 0 saturated carbocycles. The van der Waals surface area contributed by atoms with Crippen LogP contribution in [0.5, 0.6) is 17.2 Å². The molecule has 2 N–H and O–H groups in total. The Hall–Kier alpha value is -4.58. The summed E-state index contributed by atoms with van der Waals surface area (Å²) in [5, 5.41) is 10.6. The van der Waals surface area contributed by atoms with Crippen LogP contribution in [0.1, 0.15) is 5.56 Å². The van der Waals surface area contributed by atoms with Crippen molar-refractivity contribution < 1.29 is 13.9 Å². The van der Waals surface area contributed by atoms with Crippen LogP contribution >= 0.6 is 0 Å². The first-order valence-electron chi connectivity index (χ1n) is 11.9. The number of rotatable bonds is 4. The van der Waals surface area contributed by atoms with E-state index in [2.05, 4.69) is 35.6 Å². The summed E-state index contributed by atoms with van der Waals surface area (Å²) in [6, 6.07) is 8.90. The molecular weight excluding hydrogens is 477 g/mol. The molecule has 5 aromatic rings. The van der Waals surface area contributed by atoms with Crippen molar-refractivity contribution in [3.63, 3.8) is 0 Å². The molecular formula is C25H22FN9O2. The zero-order valence-corrected chi connectivity index (χ0v) is 19.8. The van der Waals surface area contributed by atoms with Crippen LogP contribution in [0.15, 0.2) is 49.2 Å². The quantitative estimate of drug-likeness (QED) is 0.382. The molecule has 0 spiro atoms. The second-order valence-electron chi connectivity index (χ2n) is 8.97. The molecule has 4 aromatic heterocycles. The first-order chi connectivity index (χ1) is 18.1. The second kappa shape index (κ2) is 8.52. The lowest BCUT2D eigenvalue weighted by molar-refractivity contribution is 0.245. The molecule has 0 amide bonds. The Morgan fingerprint density at radius 1 is 1.16 bits per heavy atom. The van der Waals surface area contributed by atoms with Crippen molar-refractivity contribution in [1.82, 2.24) is 34.9 Å². The standard InChI is InChI=1S/C25H22FN9O2/c1-14-19(37-16-4-6-35-21(8-16)29-13-31-35)3-2-17(22(14)26)32-24-23-18(28-12-30-24)9-20-25(33-23)34-7-5-27-10-15(34)11-36-20/h2-4,6,8-9,12-13,15,27H,5,7,10-11H2,1H3,(H,28,30,32)/t15-/m0/s1. The highest BCUT2D eigenvalue weighted by molar-refractivity contribution is 5.90. The van der Waals surface area contributed by atoms with Crippen LogP contribution in [0.4, 0.5) is 21.7 Å². The number of ether oxygens (including phenoxy) is 2. The summed E-state index contributed by atoms with van der Waals surface area (Å²) in [6.45, 7) is 4.80. The number of nitrogens with one attached hydrogen (secondary N) is 2. The summed E-state index contributed by atoms with van der Waals surface area (Å²) in [5.41, 5.74) is 2.41. The van der Waals surface area contributed by atoms with Gasteiger partial charge in [-0.05, 0) is 25.1 Å². The van der Waals surface area contributed by atoms with Crippen molar-refractivity contribution >= 4 is 34.0 Å². The Kier molecular flexibility index (Phi) is 4.99. The Balaban J connectivity index is 1.21. The average Bonchev–Trinajstić information content (AvgIpc) is 3.40. The number of aromatic nitrogens is 6. The van der Waals surface area contributed by atoms with Gasteiger partial charge in [0.25, 0.3) is 0 Å². The zero-order valence-electron chi connectivity index (χ0n) is 19.8. The van der Waals surface area contributed by atoms with Crippen LogP contribution in [0.2, 0.25) is 0 Å². The summed E-state index contributed by atoms with van der Waals surface area (Å²) < 4.78 is 29.0. The first kappa shape index (κ1) is 21.7. The molecule has 186 valence electrons. The SMILES string of the molecule is Cc1c(Oc2ccn3ncnc3c2)ccc(Nc2ncnc3cc4c(nc23)N2CCNC[C@H]2CO4)c1F. The van der Waals surface area contributed by atoms with Gasteiger partial charge in [0.05, 0.1) is 17.2 Å². The number of halogens is 1. The van der Waals surface area contributed by atoms with E-state index in [4.69, 9.17) is 14.5 Å². The molecule has 0 aliphatic carbocycles. The van der Waals surface area contributed by atoms with Gasteiger partial charge in [-0.2, -0.15) is 5.10 Å². The molecule has 2 aliphatic heterocycles. The van der Waals surface area contributed by atoms with Crippen molar-refractivity contribution in [3.8, 4) is 17.2 Å². The van der Waals surface area contributed by atoms with Gasteiger partial charge < -0.3 is 25.0 Å². The topological polar surface area (TPSA) is 115 Å². The Morgan fingerprint density at radius 3 is 3.05 bits per heavy atom. The van der Waals surface area contributed by atoms with Crippen LogP contribution in [0.3, 0.4) is 0 Å². The number of nitrogens with zero attached hydrogens (tertiary/aromatic N) is 7. The van der Waals surface area contributed by atoms with Crippen molar-refractivity contribution in [1.29, 1.82) is 0 Å². The summed E-state index contributed by atoms with van der Waals surface area (Å²) in [4.78, 5) is 20.0. The highest BCUT2D eigenvalue weighted by Gasteiger charge is 2.31. The maximum atomic E-state index is 15.5. The summed E-state index contributed by atoms with van der Waals surface area (Å²) in [7, 11) is 0. The number of piperazine rings is 1. The van der Waals surface area contributed by atoms with Gasteiger partial charge in [0.2, 0.25) is 0 Å². The molecule has 37 heavy (non-hydrogen) atoms. The fourth-order valence-corrected chi connectivity index (χ4v) is 4.73. The third kappa shape index (κ3) is 3.73. The molecule has 12 heteroatoms. The molecule has 0 radical (unpaired) electrons. The summed E-state index contributed by atoms with van der Waals surface area (Å²) in [6.07, 6.45) is 4.62. The number of anilines is 3. The van der Waals surface area contributed by atoms with E-state index in [1.165, 1.54) is 12.7 Å². The lowest BCUT2D eigenvalue weighted by Gasteiger charge is -2.40. The fourth-order valence-electron chi connectivity index (χ4n) is 4.73. The molecule has 6 heterocycles. The lowest BCUT2D eigenvalue weighted by atomic mass is 10.1.